The highest BCUT2D eigenvalue weighted by atomic mass is 32.1. The Balaban J connectivity index is 2.47. The van der Waals surface area contributed by atoms with E-state index in [2.05, 4.69) is 5.32 Å². The molecular weight excluding hydrogens is 313 g/mol. The van der Waals surface area contributed by atoms with E-state index in [1.165, 1.54) is 6.07 Å². The summed E-state index contributed by atoms with van der Waals surface area (Å²) in [4.78, 5) is 33.8. The minimum absolute atomic E-state index is 0.327. The van der Waals surface area contributed by atoms with Crippen LogP contribution >= 0.6 is 11.3 Å². The number of hydrogen-bond donors (Lipinski definition) is 3. The number of hydrogen-bond acceptors (Lipinski definition) is 4. The number of rotatable bonds is 6. The largest absolute Gasteiger partial charge is 0.480 e. The zero-order valence-electron chi connectivity index (χ0n) is 10.4. The number of carboxylic acids is 1. The molecule has 1 aromatic heterocycles. The van der Waals surface area contributed by atoms with Crippen LogP contribution in [0.2, 0.25) is 0 Å². The standard InChI is InChI=1S/C11H11F3N2O4S/c12-11(13,14)4-6(10(19)20)16-8(17)5-15-9(18)7-2-1-3-21-7/h1-3,6H,4-5H2,(H,15,18)(H,16,17)(H,19,20). The number of carboxylic acid groups (broad SMARTS) is 1. The molecule has 6 nitrogen and oxygen atoms in total. The van der Waals surface area contributed by atoms with Gasteiger partial charge in [-0.1, -0.05) is 6.07 Å². The van der Waals surface area contributed by atoms with Crippen molar-refractivity contribution in [3.63, 3.8) is 0 Å². The molecule has 0 saturated heterocycles. The molecule has 0 fully saturated rings. The second-order valence-electron chi connectivity index (χ2n) is 3.94. The Morgan fingerprint density at radius 1 is 1.33 bits per heavy atom. The van der Waals surface area contributed by atoms with Gasteiger partial charge < -0.3 is 15.7 Å². The van der Waals surface area contributed by atoms with Crippen LogP contribution in [-0.2, 0) is 9.59 Å². The lowest BCUT2D eigenvalue weighted by atomic mass is 10.2. The Kier molecular flexibility index (Phi) is 5.70. The van der Waals surface area contributed by atoms with E-state index < -0.39 is 43.0 Å². The molecule has 2 amide bonds. The van der Waals surface area contributed by atoms with Crippen molar-refractivity contribution in [1.29, 1.82) is 0 Å². The van der Waals surface area contributed by atoms with Crippen molar-refractivity contribution in [3.05, 3.63) is 22.4 Å². The molecule has 3 N–H and O–H groups in total. The number of alkyl halides is 3. The quantitative estimate of drug-likeness (QED) is 0.727. The molecule has 0 aliphatic rings. The minimum atomic E-state index is -4.73. The van der Waals surface area contributed by atoms with E-state index in [-0.39, 0.29) is 0 Å². The Morgan fingerprint density at radius 2 is 2.00 bits per heavy atom. The number of carbonyl (C=O) groups is 3. The summed E-state index contributed by atoms with van der Waals surface area (Å²) in [6, 6.07) is 1.03. The van der Waals surface area contributed by atoms with Crippen molar-refractivity contribution in [1.82, 2.24) is 10.6 Å². The Morgan fingerprint density at radius 3 is 2.48 bits per heavy atom. The number of aliphatic carboxylic acids is 1. The molecule has 1 heterocycles. The third-order valence-electron chi connectivity index (χ3n) is 2.22. The minimum Gasteiger partial charge on any atom is -0.480 e. The molecule has 0 aliphatic heterocycles. The highest BCUT2D eigenvalue weighted by Crippen LogP contribution is 2.21. The maximum atomic E-state index is 12.1. The molecule has 0 bridgehead atoms. The van der Waals surface area contributed by atoms with Crippen LogP contribution in [0.25, 0.3) is 0 Å². The molecule has 0 aromatic carbocycles. The summed E-state index contributed by atoms with van der Waals surface area (Å²) in [5.41, 5.74) is 0. The number of nitrogens with one attached hydrogen (secondary N) is 2. The number of halogens is 3. The van der Waals surface area contributed by atoms with Gasteiger partial charge in [-0.25, -0.2) is 4.79 Å². The van der Waals surface area contributed by atoms with E-state index in [9.17, 15) is 27.6 Å². The summed E-state index contributed by atoms with van der Waals surface area (Å²) >= 11 is 1.12. The lowest BCUT2D eigenvalue weighted by Crippen LogP contribution is -2.47. The summed E-state index contributed by atoms with van der Waals surface area (Å²) in [6.07, 6.45) is -6.41. The molecule has 0 saturated carbocycles. The van der Waals surface area contributed by atoms with Gasteiger partial charge in [0.15, 0.2) is 0 Å². The molecule has 0 aliphatic carbocycles. The summed E-state index contributed by atoms with van der Waals surface area (Å²) < 4.78 is 36.4. The molecule has 0 spiro atoms. The summed E-state index contributed by atoms with van der Waals surface area (Å²) in [5.74, 6) is -3.38. The van der Waals surface area contributed by atoms with E-state index in [4.69, 9.17) is 5.11 Å². The Labute approximate surface area is 121 Å². The average Bonchev–Trinajstić information content (AvgIpc) is 2.87. The van der Waals surface area contributed by atoms with Crippen LogP contribution in [0.5, 0.6) is 0 Å². The average molecular weight is 324 g/mol. The van der Waals surface area contributed by atoms with Crippen LogP contribution in [0, 0.1) is 0 Å². The van der Waals surface area contributed by atoms with Gasteiger partial charge in [-0.3, -0.25) is 9.59 Å². The molecule has 1 unspecified atom stereocenters. The summed E-state index contributed by atoms with van der Waals surface area (Å²) in [6.45, 7) is -0.613. The van der Waals surface area contributed by atoms with Gasteiger partial charge in [-0.2, -0.15) is 13.2 Å². The van der Waals surface area contributed by atoms with Crippen molar-refractivity contribution in [2.45, 2.75) is 18.6 Å². The SMILES string of the molecule is O=C(CNC(=O)c1cccs1)NC(CC(F)(F)F)C(=O)O. The van der Waals surface area contributed by atoms with Crippen molar-refractivity contribution in [2.24, 2.45) is 0 Å². The fourth-order valence-corrected chi connectivity index (χ4v) is 1.97. The first kappa shape index (κ1) is 17.0. The maximum absolute atomic E-state index is 12.1. The Bertz CT molecular complexity index is 516. The van der Waals surface area contributed by atoms with Gasteiger partial charge in [-0.05, 0) is 11.4 Å². The number of carbonyl (C=O) groups excluding carboxylic acids is 2. The third-order valence-corrected chi connectivity index (χ3v) is 3.09. The van der Waals surface area contributed by atoms with Crippen LogP contribution in [0.4, 0.5) is 13.2 Å². The van der Waals surface area contributed by atoms with Crippen LogP contribution in [0.1, 0.15) is 16.1 Å². The fourth-order valence-electron chi connectivity index (χ4n) is 1.33. The van der Waals surface area contributed by atoms with E-state index >= 15 is 0 Å². The molecule has 10 heteroatoms. The predicted octanol–water partition coefficient (Wildman–Crippen LogP) is 1.000. The third kappa shape index (κ3) is 6.25. The highest BCUT2D eigenvalue weighted by Gasteiger charge is 2.36. The zero-order chi connectivity index (χ0) is 16.0. The normalized spacial score (nSPS) is 12.5. The molecule has 1 aromatic rings. The topological polar surface area (TPSA) is 95.5 Å². The Hall–Kier alpha value is -2.10. The van der Waals surface area contributed by atoms with Gasteiger partial charge in [0.1, 0.15) is 6.04 Å². The van der Waals surface area contributed by atoms with Crippen LogP contribution in [0.15, 0.2) is 17.5 Å². The predicted molar refractivity (Wildman–Crippen MR) is 66.9 cm³/mol. The molecule has 1 rings (SSSR count). The second-order valence-corrected chi connectivity index (χ2v) is 4.89. The van der Waals surface area contributed by atoms with Gasteiger partial charge in [0.2, 0.25) is 5.91 Å². The van der Waals surface area contributed by atoms with E-state index in [1.807, 2.05) is 0 Å². The molecular formula is C11H11F3N2O4S. The van der Waals surface area contributed by atoms with Gasteiger partial charge >= 0.3 is 12.1 Å². The van der Waals surface area contributed by atoms with Crippen molar-refractivity contribution < 1.29 is 32.7 Å². The smallest absolute Gasteiger partial charge is 0.391 e. The second kappa shape index (κ2) is 7.07. The number of amides is 2. The first-order chi connectivity index (χ1) is 9.69. The van der Waals surface area contributed by atoms with Crippen LogP contribution in [0.3, 0.4) is 0 Å². The van der Waals surface area contributed by atoms with Crippen molar-refractivity contribution in [3.8, 4) is 0 Å². The van der Waals surface area contributed by atoms with Crippen molar-refractivity contribution in [2.75, 3.05) is 6.54 Å². The van der Waals surface area contributed by atoms with Crippen LogP contribution in [-0.4, -0.2) is 41.7 Å². The van der Waals surface area contributed by atoms with Gasteiger partial charge in [0, 0.05) is 0 Å². The monoisotopic (exact) mass is 324 g/mol. The first-order valence-electron chi connectivity index (χ1n) is 5.59. The van der Waals surface area contributed by atoms with Gasteiger partial charge in [0.05, 0.1) is 17.8 Å². The van der Waals surface area contributed by atoms with Crippen molar-refractivity contribution >= 4 is 29.1 Å². The summed E-state index contributed by atoms with van der Waals surface area (Å²) in [7, 11) is 0. The fraction of sp³-hybridized carbons (Fsp3) is 0.364. The van der Waals surface area contributed by atoms with Gasteiger partial charge in [0.25, 0.3) is 5.91 Å². The number of thiophene rings is 1. The molecule has 21 heavy (non-hydrogen) atoms. The molecule has 0 radical (unpaired) electrons. The maximum Gasteiger partial charge on any atom is 0.391 e. The van der Waals surface area contributed by atoms with Crippen LogP contribution < -0.4 is 10.6 Å². The molecule has 116 valence electrons. The lowest BCUT2D eigenvalue weighted by Gasteiger charge is -2.16. The lowest BCUT2D eigenvalue weighted by molar-refractivity contribution is -0.159. The molecule has 1 atom stereocenters. The van der Waals surface area contributed by atoms with E-state index in [1.54, 1.807) is 16.8 Å². The highest BCUT2D eigenvalue weighted by molar-refractivity contribution is 7.12. The van der Waals surface area contributed by atoms with Gasteiger partial charge in [-0.15, -0.1) is 11.3 Å². The van der Waals surface area contributed by atoms with E-state index in [0.29, 0.717) is 4.88 Å². The zero-order valence-corrected chi connectivity index (χ0v) is 11.3. The summed E-state index contributed by atoms with van der Waals surface area (Å²) in [5, 5.41) is 14.1. The van der Waals surface area contributed by atoms with E-state index in [0.717, 1.165) is 11.3 Å². The first-order valence-corrected chi connectivity index (χ1v) is 6.47.